The topological polar surface area (TPSA) is 142 Å². The van der Waals surface area contributed by atoms with E-state index in [1.807, 2.05) is 142 Å². The molecule has 4 atom stereocenters. The van der Waals surface area contributed by atoms with Crippen molar-refractivity contribution in [1.82, 2.24) is 15.0 Å². The molecule has 5 aromatic rings. The van der Waals surface area contributed by atoms with E-state index >= 15 is 0 Å². The molecule has 2 N–H and O–H groups in total. The molecule has 4 amide bonds. The van der Waals surface area contributed by atoms with Gasteiger partial charge in [-0.3, -0.25) is 24.0 Å². The molecule has 13 nitrogen and oxygen atoms in total. The molecule has 2 aliphatic rings. The van der Waals surface area contributed by atoms with E-state index in [0.717, 1.165) is 40.2 Å². The van der Waals surface area contributed by atoms with Crippen molar-refractivity contribution < 1.29 is 23.9 Å². The fraction of sp³-hybridized carbons (Fsp3) is 0.375. The Kier molecular flexibility index (Phi) is 12.6. The Bertz CT molecular complexity index is 2370. The highest BCUT2D eigenvalue weighted by molar-refractivity contribution is 6.02. The van der Waals surface area contributed by atoms with Crippen LogP contribution in [0.5, 0.6) is 0 Å². The van der Waals surface area contributed by atoms with Crippen molar-refractivity contribution in [1.29, 1.82) is 0 Å². The predicted octanol–water partition coefficient (Wildman–Crippen LogP) is 9.48. The van der Waals surface area contributed by atoms with Gasteiger partial charge in [0.1, 0.15) is 5.60 Å². The quantitative estimate of drug-likeness (QED) is 0.134. The second-order valence-electron chi connectivity index (χ2n) is 16.9. The summed E-state index contributed by atoms with van der Waals surface area (Å²) in [5.41, 5.74) is 6.46. The Morgan fingerprint density at radius 2 is 1.33 bits per heavy atom. The fourth-order valence-electron chi connectivity index (χ4n) is 8.42. The number of carbonyl (C=O) groups is 4. The first kappa shape index (κ1) is 42.6. The third-order valence-corrected chi connectivity index (χ3v) is 11.3. The summed E-state index contributed by atoms with van der Waals surface area (Å²) in [5, 5.41) is 14.9. The summed E-state index contributed by atoms with van der Waals surface area (Å²) in [5.74, 6) is -0.205. The number of amides is 4. The molecule has 61 heavy (non-hydrogen) atoms. The van der Waals surface area contributed by atoms with Gasteiger partial charge in [0.15, 0.2) is 5.69 Å². The molecule has 0 saturated carbocycles. The molecular formula is C48H56N8O5. The molecule has 0 unspecified atom stereocenters. The molecule has 0 fully saturated rings. The standard InChI is InChI=1S/C48H56N8O5/c1-8-44(57)54-31(3)28-39(37-14-10-12-16-41(37)54)49-34-20-22-35(23-21-34)50-46(59)40-30-53(52-51-40)27-26-33-18-24-36(25-19-33)56(47(60)61-48(5,6)7)43-29-32(4)55(45(58)9-2)42-17-13-11-15-38(42)43/h10-25,30-32,39,43,49H,8-9,26-29H2,1-7H3,(H,50,59)/t31-,32-,39+,43+/m0/s1. The van der Waals surface area contributed by atoms with E-state index in [1.54, 1.807) is 15.8 Å². The van der Waals surface area contributed by atoms with E-state index in [0.29, 0.717) is 43.6 Å². The zero-order valence-electron chi connectivity index (χ0n) is 36.1. The van der Waals surface area contributed by atoms with Crippen LogP contribution in [-0.4, -0.2) is 56.5 Å². The molecule has 1 aromatic heterocycles. The minimum Gasteiger partial charge on any atom is -0.443 e. The molecular weight excluding hydrogens is 769 g/mol. The van der Waals surface area contributed by atoms with Gasteiger partial charge < -0.3 is 25.2 Å². The summed E-state index contributed by atoms with van der Waals surface area (Å²) in [6.45, 7) is 13.9. The molecule has 2 aliphatic heterocycles. The summed E-state index contributed by atoms with van der Waals surface area (Å²) in [6, 6.07) is 30.8. The SMILES string of the molecule is CCC(=O)N1c2ccccc2[C@H](N(C(=O)OC(C)(C)C)c2ccc(CCn3cc(C(=O)Nc4ccc(N[C@@H]5C[C@H](C)N(C(=O)CC)c6ccccc65)cc4)nn3)cc2)C[C@@H]1C. The number of nitrogens with one attached hydrogen (secondary N) is 2. The lowest BCUT2D eigenvalue weighted by Crippen LogP contribution is -2.48. The maximum Gasteiger partial charge on any atom is 0.415 e. The average molecular weight is 825 g/mol. The summed E-state index contributed by atoms with van der Waals surface area (Å²) in [7, 11) is 0. The van der Waals surface area contributed by atoms with Gasteiger partial charge in [0, 0.05) is 59.9 Å². The van der Waals surface area contributed by atoms with Gasteiger partial charge in [-0.25, -0.2) is 4.79 Å². The zero-order valence-corrected chi connectivity index (χ0v) is 36.1. The van der Waals surface area contributed by atoms with Crippen molar-refractivity contribution >= 4 is 52.3 Å². The molecule has 3 heterocycles. The van der Waals surface area contributed by atoms with E-state index in [1.165, 1.54) is 0 Å². The van der Waals surface area contributed by atoms with Crippen LogP contribution in [0.25, 0.3) is 0 Å². The van der Waals surface area contributed by atoms with Crippen LogP contribution >= 0.6 is 0 Å². The Morgan fingerprint density at radius 1 is 0.754 bits per heavy atom. The third kappa shape index (κ3) is 9.46. The largest absolute Gasteiger partial charge is 0.443 e. The normalized spacial score (nSPS) is 18.4. The molecule has 0 aliphatic carbocycles. The number of carbonyl (C=O) groups excluding carboxylic acids is 4. The second kappa shape index (κ2) is 18.0. The number of fused-ring (bicyclic) bond motifs is 2. The number of para-hydroxylation sites is 2. The van der Waals surface area contributed by atoms with Crippen LogP contribution in [0.15, 0.2) is 103 Å². The first-order valence-corrected chi connectivity index (χ1v) is 21.3. The first-order valence-electron chi connectivity index (χ1n) is 21.3. The Morgan fingerprint density at radius 3 is 1.95 bits per heavy atom. The zero-order chi connectivity index (χ0) is 43.4. The van der Waals surface area contributed by atoms with Crippen molar-refractivity contribution in [3.8, 4) is 0 Å². The molecule has 0 bridgehead atoms. The molecule has 7 rings (SSSR count). The number of ether oxygens (including phenoxy) is 1. The van der Waals surface area contributed by atoms with Crippen LogP contribution < -0.4 is 25.3 Å². The summed E-state index contributed by atoms with van der Waals surface area (Å²) in [4.78, 5) is 58.4. The number of hydrogen-bond donors (Lipinski definition) is 2. The van der Waals surface area contributed by atoms with Crippen LogP contribution in [0.2, 0.25) is 0 Å². The number of hydrogen-bond acceptors (Lipinski definition) is 8. The van der Waals surface area contributed by atoms with E-state index in [4.69, 9.17) is 4.74 Å². The third-order valence-electron chi connectivity index (χ3n) is 11.3. The Hall–Kier alpha value is -6.50. The van der Waals surface area contributed by atoms with Crippen LogP contribution in [0.3, 0.4) is 0 Å². The van der Waals surface area contributed by atoms with E-state index < -0.39 is 11.7 Å². The monoisotopic (exact) mass is 824 g/mol. The smallest absolute Gasteiger partial charge is 0.415 e. The first-order chi connectivity index (χ1) is 29.2. The minimum atomic E-state index is -0.710. The number of aromatic nitrogens is 3. The highest BCUT2D eigenvalue weighted by atomic mass is 16.6. The van der Waals surface area contributed by atoms with Crippen LogP contribution in [0, 0.1) is 0 Å². The highest BCUT2D eigenvalue weighted by Gasteiger charge is 2.40. The van der Waals surface area contributed by atoms with Gasteiger partial charge in [-0.15, -0.1) is 5.10 Å². The lowest BCUT2D eigenvalue weighted by atomic mass is 9.90. The van der Waals surface area contributed by atoms with Crippen LogP contribution in [-0.2, 0) is 27.3 Å². The predicted molar refractivity (Wildman–Crippen MR) is 239 cm³/mol. The summed E-state index contributed by atoms with van der Waals surface area (Å²) in [6.07, 6.45) is 3.95. The van der Waals surface area contributed by atoms with Crippen molar-refractivity contribution in [2.45, 2.75) is 117 Å². The molecule has 0 radical (unpaired) electrons. The van der Waals surface area contributed by atoms with Gasteiger partial charge in [-0.2, -0.15) is 0 Å². The van der Waals surface area contributed by atoms with Crippen LogP contribution in [0.1, 0.15) is 113 Å². The number of nitrogens with zero attached hydrogens (tertiary/aromatic N) is 6. The van der Waals surface area contributed by atoms with Crippen molar-refractivity contribution in [3.05, 3.63) is 126 Å². The van der Waals surface area contributed by atoms with E-state index in [-0.39, 0.29) is 47.6 Å². The Labute approximate surface area is 358 Å². The van der Waals surface area contributed by atoms with Crippen molar-refractivity contribution in [2.75, 3.05) is 25.3 Å². The maximum atomic E-state index is 13.9. The lowest BCUT2D eigenvalue weighted by Gasteiger charge is -2.43. The van der Waals surface area contributed by atoms with Crippen molar-refractivity contribution in [2.24, 2.45) is 0 Å². The number of aryl methyl sites for hydroxylation is 2. The fourth-order valence-corrected chi connectivity index (χ4v) is 8.42. The lowest BCUT2D eigenvalue weighted by molar-refractivity contribution is -0.119. The van der Waals surface area contributed by atoms with Gasteiger partial charge in [0.25, 0.3) is 5.91 Å². The molecule has 0 saturated heterocycles. The average Bonchev–Trinajstić information content (AvgIpc) is 3.73. The van der Waals surface area contributed by atoms with Gasteiger partial charge >= 0.3 is 6.09 Å². The summed E-state index contributed by atoms with van der Waals surface area (Å²) < 4.78 is 7.59. The van der Waals surface area contributed by atoms with Crippen molar-refractivity contribution in [3.63, 3.8) is 0 Å². The van der Waals surface area contributed by atoms with Gasteiger partial charge in [0.2, 0.25) is 11.8 Å². The minimum absolute atomic E-state index is 0.0298. The molecule has 4 aromatic carbocycles. The van der Waals surface area contributed by atoms with Crippen LogP contribution in [0.4, 0.5) is 33.2 Å². The number of benzene rings is 4. The highest BCUT2D eigenvalue weighted by Crippen LogP contribution is 2.43. The summed E-state index contributed by atoms with van der Waals surface area (Å²) >= 11 is 0. The number of rotatable bonds is 11. The molecule has 0 spiro atoms. The maximum absolute atomic E-state index is 13.9. The molecule has 13 heteroatoms. The van der Waals surface area contributed by atoms with Gasteiger partial charge in [-0.1, -0.05) is 67.6 Å². The number of anilines is 5. The van der Waals surface area contributed by atoms with E-state index in [2.05, 4.69) is 33.9 Å². The Balaban J connectivity index is 0.982. The van der Waals surface area contributed by atoms with Gasteiger partial charge in [0.05, 0.1) is 18.3 Å². The second-order valence-corrected chi connectivity index (χ2v) is 16.9. The van der Waals surface area contributed by atoms with E-state index in [9.17, 15) is 19.2 Å². The van der Waals surface area contributed by atoms with Gasteiger partial charge in [-0.05, 0) is 119 Å². The molecule has 318 valence electrons.